The molecular formula is C24H26FN5O6S2. The zero-order valence-electron chi connectivity index (χ0n) is 21.1. The van der Waals surface area contributed by atoms with Crippen LogP contribution in [0.5, 0.6) is 0 Å². The Morgan fingerprint density at radius 3 is 2.50 bits per heavy atom. The van der Waals surface area contributed by atoms with Gasteiger partial charge in [0.05, 0.1) is 31.1 Å². The molecule has 11 nitrogen and oxygen atoms in total. The lowest BCUT2D eigenvalue weighted by Crippen LogP contribution is -2.24. The van der Waals surface area contributed by atoms with Crippen molar-refractivity contribution in [3.8, 4) is 0 Å². The van der Waals surface area contributed by atoms with Crippen LogP contribution in [0.25, 0.3) is 0 Å². The number of hydrogen-bond acceptors (Lipinski definition) is 10. The van der Waals surface area contributed by atoms with E-state index in [0.29, 0.717) is 16.5 Å². The second kappa shape index (κ2) is 13.1. The molecule has 0 saturated heterocycles. The molecule has 2 amide bonds. The van der Waals surface area contributed by atoms with E-state index >= 15 is 0 Å². The molecule has 0 bridgehead atoms. The molecule has 38 heavy (non-hydrogen) atoms. The van der Waals surface area contributed by atoms with E-state index < -0.39 is 29.6 Å². The average Bonchev–Trinajstić information content (AvgIpc) is 3.40. The fourth-order valence-electron chi connectivity index (χ4n) is 3.25. The van der Waals surface area contributed by atoms with Gasteiger partial charge in [0.1, 0.15) is 15.7 Å². The van der Waals surface area contributed by atoms with Crippen LogP contribution < -0.4 is 10.6 Å². The first-order valence-corrected chi connectivity index (χ1v) is 13.3. The van der Waals surface area contributed by atoms with Crippen LogP contribution in [-0.2, 0) is 27.9 Å². The number of hydrogen-bond donors (Lipinski definition) is 2. The third-order valence-electron chi connectivity index (χ3n) is 5.09. The first-order valence-electron chi connectivity index (χ1n) is 11.5. The maximum absolute atomic E-state index is 13.3. The van der Waals surface area contributed by atoms with E-state index in [1.54, 1.807) is 32.4 Å². The Hall–Kier alpha value is -3.78. The van der Waals surface area contributed by atoms with Crippen molar-refractivity contribution >= 4 is 51.9 Å². The van der Waals surface area contributed by atoms with Gasteiger partial charge >= 0.3 is 11.9 Å². The smallest absolute Gasteiger partial charge is 0.348 e. The van der Waals surface area contributed by atoms with Gasteiger partial charge in [-0.3, -0.25) is 9.59 Å². The first-order chi connectivity index (χ1) is 18.2. The second-order valence-electron chi connectivity index (χ2n) is 7.69. The lowest BCUT2D eigenvalue weighted by atomic mass is 10.1. The molecule has 0 fully saturated rings. The van der Waals surface area contributed by atoms with Gasteiger partial charge in [0.15, 0.2) is 11.0 Å². The molecule has 0 unspecified atom stereocenters. The highest BCUT2D eigenvalue weighted by atomic mass is 32.2. The number of thiophene rings is 1. The van der Waals surface area contributed by atoms with Gasteiger partial charge < -0.3 is 24.7 Å². The Labute approximate surface area is 226 Å². The Bertz CT molecular complexity index is 1360. The topological polar surface area (TPSA) is 142 Å². The Balaban J connectivity index is 1.64. The molecule has 0 aliphatic rings. The van der Waals surface area contributed by atoms with Gasteiger partial charge in [-0.2, -0.15) is 0 Å². The summed E-state index contributed by atoms with van der Waals surface area (Å²) in [6, 6.07) is 5.31. The summed E-state index contributed by atoms with van der Waals surface area (Å²) in [6.07, 6.45) is 0. The molecule has 14 heteroatoms. The molecule has 2 aromatic heterocycles. The van der Waals surface area contributed by atoms with Crippen molar-refractivity contribution < 1.29 is 33.0 Å². The minimum atomic E-state index is -0.655. The van der Waals surface area contributed by atoms with Crippen molar-refractivity contribution in [3.05, 3.63) is 57.5 Å². The molecule has 1 aromatic carbocycles. The fourth-order valence-corrected chi connectivity index (χ4v) is 5.09. The van der Waals surface area contributed by atoms with E-state index in [0.717, 1.165) is 29.2 Å². The van der Waals surface area contributed by atoms with E-state index in [-0.39, 0.29) is 46.5 Å². The fraction of sp³-hybridized carbons (Fsp3) is 0.333. The summed E-state index contributed by atoms with van der Waals surface area (Å²) in [4.78, 5) is 50.0. The number of amides is 2. The zero-order valence-corrected chi connectivity index (χ0v) is 22.8. The van der Waals surface area contributed by atoms with Crippen LogP contribution in [0, 0.1) is 12.7 Å². The number of carbonyl (C=O) groups is 4. The van der Waals surface area contributed by atoms with E-state index in [9.17, 15) is 23.6 Å². The van der Waals surface area contributed by atoms with Crippen LogP contribution in [0.2, 0.25) is 0 Å². The number of ether oxygens (including phenoxy) is 2. The highest BCUT2D eigenvalue weighted by Gasteiger charge is 2.27. The highest BCUT2D eigenvalue weighted by Crippen LogP contribution is 2.34. The normalized spacial score (nSPS) is 10.7. The van der Waals surface area contributed by atoms with Crippen LogP contribution >= 0.6 is 23.1 Å². The predicted octanol–water partition coefficient (Wildman–Crippen LogP) is 3.34. The molecule has 0 spiro atoms. The third-order valence-corrected chi connectivity index (χ3v) is 7.30. The summed E-state index contributed by atoms with van der Waals surface area (Å²) in [7, 11) is 1.68. The monoisotopic (exact) mass is 563 g/mol. The zero-order chi connectivity index (χ0) is 27.8. The summed E-state index contributed by atoms with van der Waals surface area (Å²) in [5, 5.41) is 14.0. The maximum atomic E-state index is 13.3. The molecule has 2 heterocycles. The van der Waals surface area contributed by atoms with Gasteiger partial charge in [-0.1, -0.05) is 17.8 Å². The molecule has 0 aliphatic heterocycles. The van der Waals surface area contributed by atoms with Crippen LogP contribution in [-0.4, -0.2) is 57.5 Å². The van der Waals surface area contributed by atoms with Crippen molar-refractivity contribution in [2.45, 2.75) is 32.5 Å². The minimum Gasteiger partial charge on any atom is -0.462 e. The molecule has 3 rings (SSSR count). The van der Waals surface area contributed by atoms with Crippen molar-refractivity contribution in [3.63, 3.8) is 0 Å². The van der Waals surface area contributed by atoms with Crippen molar-refractivity contribution in [1.29, 1.82) is 0 Å². The second-order valence-corrected chi connectivity index (χ2v) is 9.65. The number of rotatable bonds is 11. The van der Waals surface area contributed by atoms with E-state index in [1.807, 2.05) is 0 Å². The quantitative estimate of drug-likeness (QED) is 0.265. The number of nitrogens with one attached hydrogen (secondary N) is 2. The van der Waals surface area contributed by atoms with Crippen LogP contribution in [0.15, 0.2) is 29.4 Å². The summed E-state index contributed by atoms with van der Waals surface area (Å²) < 4.78 is 25.1. The van der Waals surface area contributed by atoms with E-state index in [1.165, 1.54) is 18.2 Å². The molecule has 0 radical (unpaired) electrons. The third kappa shape index (κ3) is 6.95. The van der Waals surface area contributed by atoms with Crippen LogP contribution in [0.1, 0.15) is 55.6 Å². The van der Waals surface area contributed by atoms with Crippen molar-refractivity contribution in [2.24, 2.45) is 7.05 Å². The van der Waals surface area contributed by atoms with Crippen LogP contribution in [0.3, 0.4) is 0 Å². The van der Waals surface area contributed by atoms with Crippen LogP contribution in [0.4, 0.5) is 9.39 Å². The number of benzene rings is 1. The molecule has 3 aromatic rings. The number of thioether (sulfide) groups is 1. The predicted molar refractivity (Wildman–Crippen MR) is 139 cm³/mol. The van der Waals surface area contributed by atoms with Gasteiger partial charge in [-0.05, 0) is 44.5 Å². The Morgan fingerprint density at radius 2 is 1.82 bits per heavy atom. The Kier molecular flexibility index (Phi) is 9.96. The molecule has 202 valence electrons. The largest absolute Gasteiger partial charge is 0.462 e. The molecule has 0 aliphatic carbocycles. The molecule has 0 atom stereocenters. The number of nitrogens with zero attached hydrogens (tertiary/aromatic N) is 3. The van der Waals surface area contributed by atoms with E-state index in [4.69, 9.17) is 9.47 Å². The summed E-state index contributed by atoms with van der Waals surface area (Å²) in [5.41, 5.74) is 0.650. The maximum Gasteiger partial charge on any atom is 0.348 e. The summed E-state index contributed by atoms with van der Waals surface area (Å²) >= 11 is 2.03. The van der Waals surface area contributed by atoms with Gasteiger partial charge in [0.2, 0.25) is 5.91 Å². The van der Waals surface area contributed by atoms with Gasteiger partial charge in [0.25, 0.3) is 5.91 Å². The summed E-state index contributed by atoms with van der Waals surface area (Å²) in [6.45, 7) is 5.25. The standard InChI is InChI=1S/C24H26FN5O6S2/c1-5-35-22(33)18-13(3)19(23(34)36-6-2)38-21(18)27-17(31)12-37-24-29-28-16(30(24)4)11-26-20(32)14-8-7-9-15(25)10-14/h7-10H,5-6,11-12H2,1-4H3,(H,26,32)(H,27,31). The number of esters is 2. The van der Waals surface area contributed by atoms with Gasteiger partial charge in [0, 0.05) is 12.6 Å². The lowest BCUT2D eigenvalue weighted by Gasteiger charge is -2.08. The van der Waals surface area contributed by atoms with Crippen molar-refractivity contribution in [2.75, 3.05) is 24.3 Å². The van der Waals surface area contributed by atoms with Gasteiger partial charge in [-0.15, -0.1) is 21.5 Å². The Morgan fingerprint density at radius 1 is 1.11 bits per heavy atom. The van der Waals surface area contributed by atoms with E-state index in [2.05, 4.69) is 20.8 Å². The molecule has 2 N–H and O–H groups in total. The van der Waals surface area contributed by atoms with Crippen molar-refractivity contribution in [1.82, 2.24) is 20.1 Å². The number of halogens is 1. The number of aromatic nitrogens is 3. The number of anilines is 1. The SMILES string of the molecule is CCOC(=O)c1sc(NC(=O)CSc2nnc(CNC(=O)c3cccc(F)c3)n2C)c(C(=O)OCC)c1C. The first kappa shape index (κ1) is 28.8. The lowest BCUT2D eigenvalue weighted by molar-refractivity contribution is -0.113. The summed E-state index contributed by atoms with van der Waals surface area (Å²) in [5.74, 6) is -2.32. The minimum absolute atomic E-state index is 0.0413. The molecule has 0 saturated carbocycles. The van der Waals surface area contributed by atoms with Gasteiger partial charge in [-0.25, -0.2) is 14.0 Å². The average molecular weight is 564 g/mol. The molecular weight excluding hydrogens is 537 g/mol. The number of carbonyl (C=O) groups excluding carboxylic acids is 4. The highest BCUT2D eigenvalue weighted by molar-refractivity contribution is 7.99.